The number of aliphatic hydroxyl groups excluding tert-OH is 1. The molecule has 2 rings (SSSR count). The number of nitrogens with one attached hydrogen (secondary N) is 1. The molecule has 1 unspecified atom stereocenters. The molecular weight excluding hydrogens is 240 g/mol. The van der Waals surface area contributed by atoms with Crippen molar-refractivity contribution in [2.75, 3.05) is 6.61 Å². The first-order valence-electron chi connectivity index (χ1n) is 6.67. The number of imidazole rings is 1. The number of hydrogen-bond acceptors (Lipinski definition) is 3. The molecule has 0 fully saturated rings. The molecule has 2 N–H and O–H groups in total. The summed E-state index contributed by atoms with van der Waals surface area (Å²) in [7, 11) is 0. The highest BCUT2D eigenvalue weighted by Crippen LogP contribution is 2.21. The molecule has 2 aromatic rings. The average molecular weight is 260 g/mol. The van der Waals surface area contributed by atoms with Crippen LogP contribution in [-0.2, 0) is 6.42 Å². The molecular formula is C15H20N2O2. The molecule has 0 aliphatic carbocycles. The Morgan fingerprint density at radius 3 is 3.05 bits per heavy atom. The van der Waals surface area contributed by atoms with Crippen molar-refractivity contribution in [2.45, 2.75) is 32.3 Å². The van der Waals surface area contributed by atoms with Gasteiger partial charge in [0.25, 0.3) is 0 Å². The van der Waals surface area contributed by atoms with Gasteiger partial charge in [-0.15, -0.1) is 0 Å². The second kappa shape index (κ2) is 6.95. The first kappa shape index (κ1) is 13.6. The van der Waals surface area contributed by atoms with E-state index in [1.807, 2.05) is 37.4 Å². The highest BCUT2D eigenvalue weighted by atomic mass is 16.5. The summed E-state index contributed by atoms with van der Waals surface area (Å²) in [5, 5.41) is 9.78. The molecule has 0 aliphatic rings. The molecule has 1 heterocycles. The minimum atomic E-state index is -0.409. The highest BCUT2D eigenvalue weighted by Gasteiger charge is 2.05. The Balaban J connectivity index is 1.79. The van der Waals surface area contributed by atoms with E-state index in [1.54, 1.807) is 6.33 Å². The van der Waals surface area contributed by atoms with Crippen LogP contribution in [0.15, 0.2) is 36.8 Å². The Labute approximate surface area is 113 Å². The molecule has 4 heteroatoms. The van der Waals surface area contributed by atoms with E-state index >= 15 is 0 Å². The summed E-state index contributed by atoms with van der Waals surface area (Å²) in [4.78, 5) is 7.04. The van der Waals surface area contributed by atoms with Crippen LogP contribution in [0.2, 0.25) is 0 Å². The van der Waals surface area contributed by atoms with Crippen LogP contribution >= 0.6 is 0 Å². The SMILES string of the molecule is CCC(O)c1cccc(OCCCc2cnc[nH]2)c1. The lowest BCUT2D eigenvalue weighted by Gasteiger charge is -2.11. The van der Waals surface area contributed by atoms with E-state index in [4.69, 9.17) is 4.74 Å². The smallest absolute Gasteiger partial charge is 0.119 e. The minimum absolute atomic E-state index is 0.409. The normalized spacial score (nSPS) is 12.3. The van der Waals surface area contributed by atoms with Crippen LogP contribution in [0.5, 0.6) is 5.75 Å². The number of H-pyrrole nitrogens is 1. The Bertz CT molecular complexity index is 483. The van der Waals surface area contributed by atoms with Crippen molar-refractivity contribution >= 4 is 0 Å². The zero-order valence-corrected chi connectivity index (χ0v) is 11.2. The summed E-state index contributed by atoms with van der Waals surface area (Å²) >= 11 is 0. The fourth-order valence-corrected chi connectivity index (χ4v) is 1.92. The van der Waals surface area contributed by atoms with Gasteiger partial charge in [0, 0.05) is 11.9 Å². The number of aliphatic hydroxyl groups is 1. The molecule has 0 amide bonds. The fraction of sp³-hybridized carbons (Fsp3) is 0.400. The molecule has 19 heavy (non-hydrogen) atoms. The Kier molecular flexibility index (Phi) is 4.98. The molecule has 102 valence electrons. The number of aromatic nitrogens is 2. The van der Waals surface area contributed by atoms with Crippen LogP contribution < -0.4 is 4.74 Å². The van der Waals surface area contributed by atoms with Crippen LogP contribution in [0.4, 0.5) is 0 Å². The summed E-state index contributed by atoms with van der Waals surface area (Å²) < 4.78 is 5.69. The molecule has 0 saturated heterocycles. The minimum Gasteiger partial charge on any atom is -0.494 e. The summed E-state index contributed by atoms with van der Waals surface area (Å²) in [6, 6.07) is 7.66. The molecule has 4 nitrogen and oxygen atoms in total. The van der Waals surface area contributed by atoms with E-state index in [9.17, 15) is 5.11 Å². The maximum Gasteiger partial charge on any atom is 0.119 e. The number of hydrogen-bond donors (Lipinski definition) is 2. The van der Waals surface area contributed by atoms with Gasteiger partial charge in [0.1, 0.15) is 5.75 Å². The van der Waals surface area contributed by atoms with Crippen LogP contribution in [0.25, 0.3) is 0 Å². The molecule has 0 bridgehead atoms. The van der Waals surface area contributed by atoms with E-state index in [-0.39, 0.29) is 0 Å². The summed E-state index contributed by atoms with van der Waals surface area (Å²) in [6.07, 6.45) is 5.68. The predicted octanol–water partition coefficient (Wildman–Crippen LogP) is 2.86. The third-order valence-corrected chi connectivity index (χ3v) is 3.04. The number of nitrogens with zero attached hydrogens (tertiary/aromatic N) is 1. The quantitative estimate of drug-likeness (QED) is 0.753. The number of aromatic amines is 1. The summed E-state index contributed by atoms with van der Waals surface area (Å²) in [6.45, 7) is 2.62. The van der Waals surface area contributed by atoms with Crippen molar-refractivity contribution in [2.24, 2.45) is 0 Å². The molecule has 1 atom stereocenters. The molecule has 1 aromatic heterocycles. The predicted molar refractivity (Wildman–Crippen MR) is 74.1 cm³/mol. The van der Waals surface area contributed by atoms with Gasteiger partial charge in [-0.3, -0.25) is 0 Å². The van der Waals surface area contributed by atoms with Crippen molar-refractivity contribution in [1.82, 2.24) is 9.97 Å². The highest BCUT2D eigenvalue weighted by molar-refractivity contribution is 5.29. The number of aryl methyl sites for hydroxylation is 1. The van der Waals surface area contributed by atoms with Crippen LogP contribution in [-0.4, -0.2) is 21.7 Å². The lowest BCUT2D eigenvalue weighted by molar-refractivity contribution is 0.173. The second-order valence-corrected chi connectivity index (χ2v) is 4.53. The summed E-state index contributed by atoms with van der Waals surface area (Å²) in [5.41, 5.74) is 2.03. The van der Waals surface area contributed by atoms with Gasteiger partial charge in [0.15, 0.2) is 0 Å². The Morgan fingerprint density at radius 1 is 1.42 bits per heavy atom. The fourth-order valence-electron chi connectivity index (χ4n) is 1.92. The van der Waals surface area contributed by atoms with Gasteiger partial charge >= 0.3 is 0 Å². The number of rotatable bonds is 7. The largest absolute Gasteiger partial charge is 0.494 e. The van der Waals surface area contributed by atoms with Gasteiger partial charge in [-0.2, -0.15) is 0 Å². The zero-order chi connectivity index (χ0) is 13.5. The maximum absolute atomic E-state index is 9.78. The molecule has 0 aliphatic heterocycles. The van der Waals surface area contributed by atoms with Crippen LogP contribution in [0.3, 0.4) is 0 Å². The second-order valence-electron chi connectivity index (χ2n) is 4.53. The number of ether oxygens (including phenoxy) is 1. The third kappa shape index (κ3) is 4.10. The molecule has 0 radical (unpaired) electrons. The standard InChI is InChI=1S/C15H20N2O2/c1-2-15(18)12-5-3-7-14(9-12)19-8-4-6-13-10-16-11-17-13/h3,5,7,9-11,15,18H,2,4,6,8H2,1H3,(H,16,17). The third-order valence-electron chi connectivity index (χ3n) is 3.04. The van der Waals surface area contributed by atoms with E-state index in [1.165, 1.54) is 0 Å². The van der Waals surface area contributed by atoms with Crippen LogP contribution in [0.1, 0.15) is 37.1 Å². The lowest BCUT2D eigenvalue weighted by atomic mass is 10.1. The van der Waals surface area contributed by atoms with Crippen molar-refractivity contribution in [3.8, 4) is 5.75 Å². The van der Waals surface area contributed by atoms with Gasteiger partial charge in [-0.25, -0.2) is 4.98 Å². The topological polar surface area (TPSA) is 58.1 Å². The Morgan fingerprint density at radius 2 is 2.32 bits per heavy atom. The van der Waals surface area contributed by atoms with Crippen LogP contribution in [0, 0.1) is 0 Å². The summed E-state index contributed by atoms with van der Waals surface area (Å²) in [5.74, 6) is 0.814. The van der Waals surface area contributed by atoms with E-state index < -0.39 is 6.10 Å². The van der Waals surface area contributed by atoms with Gasteiger partial charge in [-0.1, -0.05) is 19.1 Å². The lowest BCUT2D eigenvalue weighted by Crippen LogP contribution is -2.01. The van der Waals surface area contributed by atoms with Gasteiger partial charge < -0.3 is 14.8 Å². The van der Waals surface area contributed by atoms with E-state index in [2.05, 4.69) is 9.97 Å². The Hall–Kier alpha value is -1.81. The monoisotopic (exact) mass is 260 g/mol. The number of benzene rings is 1. The van der Waals surface area contributed by atoms with Crippen molar-refractivity contribution in [1.29, 1.82) is 0 Å². The first-order chi connectivity index (χ1) is 9.29. The average Bonchev–Trinajstić information content (AvgIpc) is 2.96. The van der Waals surface area contributed by atoms with Gasteiger partial charge in [0.05, 0.1) is 19.0 Å². The van der Waals surface area contributed by atoms with Crippen molar-refractivity contribution < 1.29 is 9.84 Å². The zero-order valence-electron chi connectivity index (χ0n) is 11.2. The van der Waals surface area contributed by atoms with Gasteiger partial charge in [-0.05, 0) is 37.0 Å². The van der Waals surface area contributed by atoms with E-state index in [0.29, 0.717) is 13.0 Å². The molecule has 0 spiro atoms. The first-order valence-corrected chi connectivity index (χ1v) is 6.67. The van der Waals surface area contributed by atoms with Crippen molar-refractivity contribution in [3.05, 3.63) is 48.0 Å². The van der Waals surface area contributed by atoms with Crippen molar-refractivity contribution in [3.63, 3.8) is 0 Å². The maximum atomic E-state index is 9.78. The molecule has 1 aromatic carbocycles. The van der Waals surface area contributed by atoms with E-state index in [0.717, 1.165) is 29.8 Å². The van der Waals surface area contributed by atoms with Gasteiger partial charge in [0.2, 0.25) is 0 Å². The molecule has 0 saturated carbocycles.